The van der Waals surface area contributed by atoms with Crippen molar-refractivity contribution in [1.29, 1.82) is 0 Å². The molecular weight excluding hydrogens is 172 g/mol. The molecule has 0 bridgehead atoms. The predicted molar refractivity (Wildman–Crippen MR) is 52.4 cm³/mol. The second kappa shape index (κ2) is 3.56. The third-order valence-electron chi connectivity index (χ3n) is 2.07. The lowest BCUT2D eigenvalue weighted by Crippen LogP contribution is -2.24. The zero-order valence-corrected chi connectivity index (χ0v) is 8.73. The Kier molecular flexibility index (Phi) is 3.07. The van der Waals surface area contributed by atoms with Crippen LogP contribution in [0.5, 0.6) is 0 Å². The molecule has 1 rings (SSSR count). The summed E-state index contributed by atoms with van der Waals surface area (Å²) >= 11 is 4.49. The van der Waals surface area contributed by atoms with Crippen molar-refractivity contribution in [3.05, 3.63) is 0 Å². The third kappa shape index (κ3) is 4.33. The molecular formula is C9H18O2S. The van der Waals surface area contributed by atoms with E-state index in [0.717, 1.165) is 12.8 Å². The first-order chi connectivity index (χ1) is 5.41. The van der Waals surface area contributed by atoms with Crippen LogP contribution in [-0.2, 0) is 4.74 Å². The molecule has 0 aromatic heterocycles. The van der Waals surface area contributed by atoms with Crippen molar-refractivity contribution in [2.24, 2.45) is 0 Å². The van der Waals surface area contributed by atoms with Crippen LogP contribution >= 0.6 is 12.6 Å². The second-order valence-electron chi connectivity index (χ2n) is 4.12. The Morgan fingerprint density at radius 1 is 1.50 bits per heavy atom. The summed E-state index contributed by atoms with van der Waals surface area (Å²) in [4.78, 5) is 0. The lowest BCUT2D eigenvalue weighted by molar-refractivity contribution is -0.176. The van der Waals surface area contributed by atoms with Gasteiger partial charge in [0, 0.05) is 4.75 Å². The minimum atomic E-state index is -0.979. The zero-order valence-electron chi connectivity index (χ0n) is 7.84. The van der Waals surface area contributed by atoms with Crippen molar-refractivity contribution in [3.63, 3.8) is 0 Å². The smallest absolute Gasteiger partial charge is 0.159 e. The van der Waals surface area contributed by atoms with Gasteiger partial charge in [-0.15, -0.1) is 0 Å². The van der Waals surface area contributed by atoms with Crippen molar-refractivity contribution in [3.8, 4) is 0 Å². The number of hydrogen-bond acceptors (Lipinski definition) is 3. The van der Waals surface area contributed by atoms with Gasteiger partial charge in [0.2, 0.25) is 0 Å². The van der Waals surface area contributed by atoms with Gasteiger partial charge in [-0.2, -0.15) is 12.6 Å². The molecule has 12 heavy (non-hydrogen) atoms. The van der Waals surface area contributed by atoms with Gasteiger partial charge in [0.1, 0.15) is 0 Å². The van der Waals surface area contributed by atoms with Crippen LogP contribution < -0.4 is 0 Å². The normalized spacial score (nSPS) is 21.0. The maximum Gasteiger partial charge on any atom is 0.159 e. The number of ether oxygens (including phenoxy) is 1. The fourth-order valence-electron chi connectivity index (χ4n) is 1.12. The molecule has 0 heterocycles. The summed E-state index contributed by atoms with van der Waals surface area (Å²) in [5, 5.41) is 9.22. The molecule has 1 saturated carbocycles. The highest BCUT2D eigenvalue weighted by Gasteiger charge is 2.37. The Balaban J connectivity index is 1.96. The highest BCUT2D eigenvalue weighted by atomic mass is 32.1. The topological polar surface area (TPSA) is 29.5 Å². The Morgan fingerprint density at radius 2 is 2.08 bits per heavy atom. The largest absolute Gasteiger partial charge is 0.366 e. The van der Waals surface area contributed by atoms with Gasteiger partial charge >= 0.3 is 0 Å². The number of thiol groups is 1. The van der Waals surface area contributed by atoms with E-state index >= 15 is 0 Å². The maximum atomic E-state index is 9.22. The van der Waals surface area contributed by atoms with Crippen LogP contribution in [0.3, 0.4) is 0 Å². The Morgan fingerprint density at radius 3 is 2.50 bits per heavy atom. The van der Waals surface area contributed by atoms with Crippen molar-refractivity contribution < 1.29 is 9.84 Å². The van der Waals surface area contributed by atoms with E-state index in [1.165, 1.54) is 12.8 Å². The molecule has 3 heteroatoms. The van der Waals surface area contributed by atoms with Gasteiger partial charge < -0.3 is 9.84 Å². The molecule has 0 atom stereocenters. The van der Waals surface area contributed by atoms with Gasteiger partial charge in [-0.3, -0.25) is 0 Å². The summed E-state index contributed by atoms with van der Waals surface area (Å²) < 4.78 is 5.48. The van der Waals surface area contributed by atoms with Crippen LogP contribution in [0.4, 0.5) is 0 Å². The molecule has 1 aliphatic carbocycles. The molecule has 72 valence electrons. The van der Waals surface area contributed by atoms with Crippen LogP contribution in [-0.4, -0.2) is 22.2 Å². The zero-order chi connectivity index (χ0) is 9.24. The Hall–Kier alpha value is 0.270. The van der Waals surface area contributed by atoms with Crippen molar-refractivity contribution in [2.45, 2.75) is 50.1 Å². The van der Waals surface area contributed by atoms with E-state index in [1.54, 1.807) is 13.8 Å². The molecule has 0 aromatic carbocycles. The molecule has 0 radical (unpaired) electrons. The van der Waals surface area contributed by atoms with Gasteiger partial charge in [-0.05, 0) is 39.5 Å². The second-order valence-corrected chi connectivity index (χ2v) is 5.07. The fourth-order valence-corrected chi connectivity index (χ4v) is 1.39. The summed E-state index contributed by atoms with van der Waals surface area (Å²) in [5.41, 5.74) is 0. The van der Waals surface area contributed by atoms with E-state index < -0.39 is 5.79 Å². The molecule has 0 amide bonds. The molecule has 1 N–H and O–H groups in total. The van der Waals surface area contributed by atoms with E-state index in [9.17, 15) is 5.11 Å². The van der Waals surface area contributed by atoms with Crippen LogP contribution in [0.15, 0.2) is 0 Å². The van der Waals surface area contributed by atoms with Crippen LogP contribution in [0.2, 0.25) is 0 Å². The van der Waals surface area contributed by atoms with Crippen molar-refractivity contribution in [2.75, 3.05) is 6.61 Å². The molecule has 0 aromatic rings. The number of hydrogen-bond donors (Lipinski definition) is 2. The lowest BCUT2D eigenvalue weighted by atomic mass is 10.2. The molecule has 0 aliphatic heterocycles. The highest BCUT2D eigenvalue weighted by molar-refractivity contribution is 7.82. The van der Waals surface area contributed by atoms with Gasteiger partial charge in [0.15, 0.2) is 5.79 Å². The monoisotopic (exact) mass is 190 g/mol. The van der Waals surface area contributed by atoms with Crippen LogP contribution in [0, 0.1) is 0 Å². The first kappa shape index (κ1) is 10.4. The molecule has 1 fully saturated rings. The van der Waals surface area contributed by atoms with Crippen LogP contribution in [0.1, 0.15) is 39.5 Å². The molecule has 0 saturated heterocycles. The minimum absolute atomic E-state index is 0.308. The summed E-state index contributed by atoms with van der Waals surface area (Å²) in [6.45, 7) is 3.94. The van der Waals surface area contributed by atoms with E-state index in [-0.39, 0.29) is 0 Å². The highest BCUT2D eigenvalue weighted by Crippen LogP contribution is 2.45. The minimum Gasteiger partial charge on any atom is -0.366 e. The molecule has 0 spiro atoms. The standard InChI is InChI=1S/C9H18O2S/c1-8(2,10)11-7-3-4-9(12)5-6-9/h10,12H,3-7H2,1-2H3. The van der Waals surface area contributed by atoms with Gasteiger partial charge in [-0.25, -0.2) is 0 Å². The third-order valence-corrected chi connectivity index (χ3v) is 2.74. The maximum absolute atomic E-state index is 9.22. The summed E-state index contributed by atoms with van der Waals surface area (Å²) in [7, 11) is 0. The Labute approximate surface area is 79.7 Å². The first-order valence-electron chi connectivity index (χ1n) is 4.50. The Bertz CT molecular complexity index is 140. The van der Waals surface area contributed by atoms with E-state index in [2.05, 4.69) is 12.6 Å². The average molecular weight is 190 g/mol. The van der Waals surface area contributed by atoms with Crippen molar-refractivity contribution >= 4 is 12.6 Å². The molecule has 0 unspecified atom stereocenters. The van der Waals surface area contributed by atoms with Gasteiger partial charge in [-0.1, -0.05) is 0 Å². The quantitative estimate of drug-likeness (QED) is 0.394. The SMILES string of the molecule is CC(C)(O)OCCCC1(S)CC1. The summed E-state index contributed by atoms with van der Waals surface area (Å²) in [5.74, 6) is -0.979. The van der Waals surface area contributed by atoms with E-state index in [1.807, 2.05) is 0 Å². The fraction of sp³-hybridized carbons (Fsp3) is 1.00. The average Bonchev–Trinajstić information content (AvgIpc) is 2.60. The van der Waals surface area contributed by atoms with Crippen molar-refractivity contribution in [1.82, 2.24) is 0 Å². The van der Waals surface area contributed by atoms with Gasteiger partial charge in [0.05, 0.1) is 6.61 Å². The van der Waals surface area contributed by atoms with E-state index in [0.29, 0.717) is 11.4 Å². The first-order valence-corrected chi connectivity index (χ1v) is 4.95. The van der Waals surface area contributed by atoms with E-state index in [4.69, 9.17) is 4.74 Å². The summed E-state index contributed by atoms with van der Waals surface area (Å²) in [6.07, 6.45) is 4.57. The summed E-state index contributed by atoms with van der Waals surface area (Å²) in [6, 6.07) is 0. The molecule has 2 nitrogen and oxygen atoms in total. The van der Waals surface area contributed by atoms with Crippen LogP contribution in [0.25, 0.3) is 0 Å². The van der Waals surface area contributed by atoms with Gasteiger partial charge in [0.25, 0.3) is 0 Å². The number of aliphatic hydroxyl groups is 1. The molecule has 1 aliphatic rings. The predicted octanol–water partition coefficient (Wildman–Crippen LogP) is 1.97. The number of rotatable bonds is 5. The lowest BCUT2D eigenvalue weighted by Gasteiger charge is -2.18.